The monoisotopic (exact) mass is 640 g/mol. The molecule has 2 saturated heterocycles. The summed E-state index contributed by atoms with van der Waals surface area (Å²) in [5.74, 6) is -4.20. The Hall–Kier alpha value is -3.91. The van der Waals surface area contributed by atoms with Crippen LogP contribution in [0, 0.1) is 0 Å². The molecule has 3 heterocycles. The minimum absolute atomic E-state index is 0.0573. The summed E-state index contributed by atoms with van der Waals surface area (Å²) in [5.41, 5.74) is -1.50. The molecule has 246 valence electrons. The van der Waals surface area contributed by atoms with Crippen LogP contribution in [0.2, 0.25) is 0 Å². The molecule has 45 heavy (non-hydrogen) atoms. The lowest BCUT2D eigenvalue weighted by molar-refractivity contribution is -0.318. The number of hydrogen-bond acceptors (Lipinski definition) is 17. The largest absolute Gasteiger partial charge is 0.504 e. The van der Waals surface area contributed by atoms with E-state index in [-0.39, 0.29) is 11.1 Å². The summed E-state index contributed by atoms with van der Waals surface area (Å²) in [7, 11) is 1.12. The minimum atomic E-state index is -2.00. The second kappa shape index (κ2) is 12.5. The van der Waals surface area contributed by atoms with Crippen molar-refractivity contribution in [1.82, 2.24) is 0 Å². The average Bonchev–Trinajstić information content (AvgIpc) is 3.00. The molecular weight excluding hydrogens is 608 g/mol. The highest BCUT2D eigenvalue weighted by Crippen LogP contribution is 2.44. The van der Waals surface area contributed by atoms with Crippen LogP contribution in [0.3, 0.4) is 0 Å². The van der Waals surface area contributed by atoms with Crippen LogP contribution in [0.1, 0.15) is 6.92 Å². The van der Waals surface area contributed by atoms with Crippen molar-refractivity contribution in [3.8, 4) is 45.8 Å². The highest BCUT2D eigenvalue weighted by Gasteiger charge is 2.48. The Morgan fingerprint density at radius 3 is 2.09 bits per heavy atom. The number of rotatable bonds is 7. The zero-order valence-corrected chi connectivity index (χ0v) is 23.6. The van der Waals surface area contributed by atoms with Crippen molar-refractivity contribution >= 4 is 11.0 Å². The van der Waals surface area contributed by atoms with Gasteiger partial charge < -0.3 is 79.2 Å². The van der Waals surface area contributed by atoms with E-state index < -0.39 is 119 Å². The molecule has 10 atom stereocenters. The molecule has 0 saturated carbocycles. The third kappa shape index (κ3) is 5.81. The summed E-state index contributed by atoms with van der Waals surface area (Å²) in [6, 6.07) is 4.27. The first kappa shape index (κ1) is 32.5. The van der Waals surface area contributed by atoms with Gasteiger partial charge in [0.05, 0.1) is 19.8 Å². The normalized spacial score (nSPS) is 32.0. The van der Waals surface area contributed by atoms with Crippen LogP contribution in [-0.2, 0) is 14.2 Å². The topological polar surface area (TPSA) is 279 Å². The van der Waals surface area contributed by atoms with Crippen LogP contribution < -0.4 is 14.9 Å². The lowest BCUT2D eigenvalue weighted by atomic mass is 9.98. The molecule has 17 nitrogen and oxygen atoms in total. The molecule has 2 aliphatic heterocycles. The Labute approximate surface area is 252 Å². The van der Waals surface area contributed by atoms with Gasteiger partial charge in [-0.25, -0.2) is 0 Å². The Morgan fingerprint density at radius 1 is 0.756 bits per heavy atom. The summed E-state index contributed by atoms with van der Waals surface area (Å²) >= 11 is 0. The van der Waals surface area contributed by atoms with E-state index in [4.69, 9.17) is 28.1 Å². The number of aliphatic hydroxyl groups excluding tert-OH is 6. The van der Waals surface area contributed by atoms with Crippen LogP contribution in [0.4, 0.5) is 0 Å². The fraction of sp³-hybridized carbons (Fsp3) is 0.464. The maximum absolute atomic E-state index is 13.8. The lowest BCUT2D eigenvalue weighted by Crippen LogP contribution is -2.61. The van der Waals surface area contributed by atoms with Crippen LogP contribution >= 0.6 is 0 Å². The lowest BCUT2D eigenvalue weighted by Gasteiger charge is -2.42. The van der Waals surface area contributed by atoms with Crippen molar-refractivity contribution in [2.24, 2.45) is 0 Å². The third-order valence-electron chi connectivity index (χ3n) is 7.63. The van der Waals surface area contributed by atoms with Crippen molar-refractivity contribution in [2.45, 2.75) is 68.3 Å². The quantitative estimate of drug-likeness (QED) is 0.129. The van der Waals surface area contributed by atoms with Gasteiger partial charge in [0, 0.05) is 11.6 Å². The summed E-state index contributed by atoms with van der Waals surface area (Å²) in [4.78, 5) is 13.8. The second-order valence-electron chi connectivity index (χ2n) is 10.6. The van der Waals surface area contributed by atoms with E-state index in [0.29, 0.717) is 0 Å². The van der Waals surface area contributed by atoms with Gasteiger partial charge in [0.25, 0.3) is 0 Å². The summed E-state index contributed by atoms with van der Waals surface area (Å²) in [6.45, 7) is 0.797. The molecule has 10 N–H and O–H groups in total. The van der Waals surface area contributed by atoms with Crippen molar-refractivity contribution in [2.75, 3.05) is 13.7 Å². The molecule has 0 amide bonds. The average molecular weight is 641 g/mol. The van der Waals surface area contributed by atoms with Crippen molar-refractivity contribution < 1.29 is 79.2 Å². The first-order chi connectivity index (χ1) is 21.2. The van der Waals surface area contributed by atoms with Gasteiger partial charge in [-0.15, -0.1) is 0 Å². The molecule has 0 spiro atoms. The summed E-state index contributed by atoms with van der Waals surface area (Å²) < 4.78 is 32.9. The molecule has 2 fully saturated rings. The van der Waals surface area contributed by atoms with Crippen molar-refractivity contribution in [3.05, 3.63) is 34.5 Å². The summed E-state index contributed by atoms with van der Waals surface area (Å²) in [6.07, 6.45) is -16.3. The third-order valence-corrected chi connectivity index (χ3v) is 7.63. The molecular formula is C28H32O17. The fourth-order valence-corrected chi connectivity index (χ4v) is 5.06. The molecule has 0 unspecified atom stereocenters. The molecule has 2 aliphatic rings. The second-order valence-corrected chi connectivity index (χ2v) is 10.6. The first-order valence-corrected chi connectivity index (χ1v) is 13.5. The number of methoxy groups -OCH3 is 1. The molecule has 0 radical (unpaired) electrons. The highest BCUT2D eigenvalue weighted by atomic mass is 16.7. The predicted molar refractivity (Wildman–Crippen MR) is 147 cm³/mol. The van der Waals surface area contributed by atoms with Gasteiger partial charge in [0.15, 0.2) is 35.0 Å². The van der Waals surface area contributed by atoms with Gasteiger partial charge in [0.1, 0.15) is 53.7 Å². The number of aromatic hydroxyl groups is 4. The van der Waals surface area contributed by atoms with Gasteiger partial charge in [-0.2, -0.15) is 0 Å². The van der Waals surface area contributed by atoms with Crippen LogP contribution in [0.5, 0.6) is 34.5 Å². The molecule has 2 aromatic carbocycles. The molecule has 5 rings (SSSR count). The Balaban J connectivity index is 1.51. The molecule has 0 aliphatic carbocycles. The van der Waals surface area contributed by atoms with Crippen LogP contribution in [-0.4, -0.2) is 126 Å². The van der Waals surface area contributed by atoms with E-state index in [9.17, 15) is 55.9 Å². The number of phenols is 4. The maximum atomic E-state index is 13.8. The highest BCUT2D eigenvalue weighted by molar-refractivity contribution is 5.91. The van der Waals surface area contributed by atoms with Gasteiger partial charge in [-0.3, -0.25) is 4.79 Å². The Kier molecular flexibility index (Phi) is 9.00. The fourth-order valence-electron chi connectivity index (χ4n) is 5.06. The number of fused-ring (bicyclic) bond motifs is 1. The number of aliphatic hydroxyl groups is 6. The number of ether oxygens (including phenoxy) is 5. The van der Waals surface area contributed by atoms with E-state index in [0.717, 1.165) is 25.3 Å². The van der Waals surface area contributed by atoms with Gasteiger partial charge in [-0.1, -0.05) is 0 Å². The smallest absolute Gasteiger partial charge is 0.239 e. The minimum Gasteiger partial charge on any atom is -0.504 e. The molecule has 0 bridgehead atoms. The van der Waals surface area contributed by atoms with E-state index in [1.807, 2.05) is 0 Å². The number of benzene rings is 2. The van der Waals surface area contributed by atoms with E-state index in [1.54, 1.807) is 0 Å². The van der Waals surface area contributed by atoms with E-state index in [1.165, 1.54) is 13.0 Å². The maximum Gasteiger partial charge on any atom is 0.239 e. The molecule has 1 aromatic heterocycles. The number of phenolic OH excluding ortho intramolecular Hbond substituents is 4. The van der Waals surface area contributed by atoms with E-state index in [2.05, 4.69) is 0 Å². The van der Waals surface area contributed by atoms with Gasteiger partial charge in [0.2, 0.25) is 23.2 Å². The van der Waals surface area contributed by atoms with Crippen LogP contribution in [0.25, 0.3) is 22.3 Å². The SMILES string of the molecule is COc1c(O)cc2oc(-c3ccc(O)c(O)c3)c(O[C@H]3O[C@H](CO[C@@H]4O[C@@H](C)[C@H](O)[C@@H](O)[C@H]4O)[C@@H](O)[C@H](O)[C@H]3O)c(=O)c2c1O. The zero-order chi connectivity index (χ0) is 32.9. The summed E-state index contributed by atoms with van der Waals surface area (Å²) in [5, 5.41) is 102. The Bertz CT molecular complexity index is 1610. The van der Waals surface area contributed by atoms with Crippen molar-refractivity contribution in [1.29, 1.82) is 0 Å². The first-order valence-electron chi connectivity index (χ1n) is 13.5. The van der Waals surface area contributed by atoms with Crippen LogP contribution in [0.15, 0.2) is 33.5 Å². The number of hydrogen-bond donors (Lipinski definition) is 10. The van der Waals surface area contributed by atoms with E-state index >= 15 is 0 Å². The van der Waals surface area contributed by atoms with Crippen molar-refractivity contribution in [3.63, 3.8) is 0 Å². The Morgan fingerprint density at radius 2 is 1.42 bits per heavy atom. The standard InChI is InChI=1S/C28H32O17/c1-8-16(32)20(36)22(38)27(42-8)41-7-14-17(33)21(37)23(39)28(44-14)45-26-19(35)15-13(6-12(31)25(40-2)18(15)34)43-24(26)9-3-4-10(29)11(30)5-9/h3-6,8,14,16-17,20-23,27-34,36-39H,7H2,1-2H3/t8-,14+,16-,17+,20+,21-,22+,23+,27+,28+/m0/s1. The zero-order valence-electron chi connectivity index (χ0n) is 23.6. The van der Waals surface area contributed by atoms with Gasteiger partial charge >= 0.3 is 0 Å². The predicted octanol–water partition coefficient (Wildman–Crippen LogP) is -1.68. The molecule has 17 heteroatoms. The van der Waals surface area contributed by atoms with Gasteiger partial charge in [-0.05, 0) is 25.1 Å². The molecule has 3 aromatic rings.